The van der Waals surface area contributed by atoms with Gasteiger partial charge in [0.2, 0.25) is 11.0 Å². The molecule has 0 aliphatic heterocycles. The van der Waals surface area contributed by atoms with Gasteiger partial charge in [0.25, 0.3) is 0 Å². The summed E-state index contributed by atoms with van der Waals surface area (Å²) in [5, 5.41) is 10.1. The predicted octanol–water partition coefficient (Wildman–Crippen LogP) is 4.25. The highest BCUT2D eigenvalue weighted by Gasteiger charge is 2.15. The number of aryl methyl sites for hydroxylation is 1. The molecule has 0 atom stereocenters. The highest BCUT2D eigenvalue weighted by molar-refractivity contribution is 7.12. The average Bonchev–Trinajstić information content (AvgIpc) is 3.23. The molecule has 28 heavy (non-hydrogen) atoms. The molecule has 7 heteroatoms. The largest absolute Gasteiger partial charge is 0.494 e. The Morgan fingerprint density at radius 2 is 2.07 bits per heavy atom. The van der Waals surface area contributed by atoms with Crippen LogP contribution in [-0.4, -0.2) is 27.3 Å². The van der Waals surface area contributed by atoms with Crippen molar-refractivity contribution in [1.82, 2.24) is 14.8 Å². The number of nitrogens with one attached hydrogen (secondary N) is 1. The fourth-order valence-electron chi connectivity index (χ4n) is 2.95. The van der Waals surface area contributed by atoms with Gasteiger partial charge >= 0.3 is 0 Å². The van der Waals surface area contributed by atoms with E-state index in [0.717, 1.165) is 40.1 Å². The summed E-state index contributed by atoms with van der Waals surface area (Å²) in [6.45, 7) is 10.4. The number of aromatic nitrogens is 3. The number of nitrogens with zero attached hydrogens (tertiary/aromatic N) is 3. The summed E-state index contributed by atoms with van der Waals surface area (Å²) in [4.78, 5) is 16.9. The van der Waals surface area contributed by atoms with Crippen LogP contribution in [0.4, 0.5) is 5.69 Å². The van der Waals surface area contributed by atoms with Crippen molar-refractivity contribution in [2.75, 3.05) is 11.9 Å². The van der Waals surface area contributed by atoms with Gasteiger partial charge in [-0.3, -0.25) is 4.79 Å². The molecule has 0 bridgehead atoms. The Morgan fingerprint density at radius 3 is 2.75 bits per heavy atom. The lowest BCUT2D eigenvalue weighted by Gasteiger charge is -2.06. The number of carbonyl (C=O) groups is 1. The molecule has 0 aliphatic rings. The van der Waals surface area contributed by atoms with Gasteiger partial charge in [0.05, 0.1) is 24.4 Å². The number of allylic oxidation sites excluding steroid dienone is 1. The fourth-order valence-corrected chi connectivity index (χ4v) is 3.77. The van der Waals surface area contributed by atoms with Gasteiger partial charge in [-0.25, -0.2) is 9.67 Å². The Bertz CT molecular complexity index is 973. The molecule has 0 radical (unpaired) electrons. The molecule has 0 saturated heterocycles. The molecule has 1 aromatic carbocycles. The summed E-state index contributed by atoms with van der Waals surface area (Å²) < 4.78 is 7.25. The van der Waals surface area contributed by atoms with Crippen molar-refractivity contribution < 1.29 is 9.53 Å². The second kappa shape index (κ2) is 8.84. The van der Waals surface area contributed by atoms with E-state index in [1.807, 2.05) is 61.2 Å². The molecule has 0 aliphatic carbocycles. The molecule has 3 aromatic rings. The summed E-state index contributed by atoms with van der Waals surface area (Å²) in [6, 6.07) is 7.33. The molecule has 3 rings (SSSR count). The van der Waals surface area contributed by atoms with E-state index in [1.54, 1.807) is 0 Å². The fraction of sp³-hybridized carbons (Fsp3) is 0.286. The summed E-state index contributed by atoms with van der Waals surface area (Å²) in [7, 11) is 0. The van der Waals surface area contributed by atoms with Crippen molar-refractivity contribution in [2.24, 2.45) is 0 Å². The Labute approximate surface area is 168 Å². The number of hydrogen-bond acceptors (Lipinski definition) is 5. The van der Waals surface area contributed by atoms with Crippen LogP contribution >= 0.6 is 11.3 Å². The molecule has 0 fully saturated rings. The van der Waals surface area contributed by atoms with Crippen LogP contribution in [0.3, 0.4) is 0 Å². The highest BCUT2D eigenvalue weighted by atomic mass is 32.1. The number of rotatable bonds is 8. The number of amides is 1. The van der Waals surface area contributed by atoms with Crippen LogP contribution in [0.2, 0.25) is 0 Å². The molecule has 0 spiro atoms. The number of thiazole rings is 1. The van der Waals surface area contributed by atoms with E-state index in [2.05, 4.69) is 22.0 Å². The second-order valence-electron chi connectivity index (χ2n) is 6.36. The third kappa shape index (κ3) is 4.48. The van der Waals surface area contributed by atoms with Gasteiger partial charge in [-0.1, -0.05) is 6.08 Å². The van der Waals surface area contributed by atoms with Gasteiger partial charge < -0.3 is 10.1 Å². The number of benzene rings is 1. The molecule has 6 nitrogen and oxygen atoms in total. The lowest BCUT2D eigenvalue weighted by Crippen LogP contribution is -2.14. The first kappa shape index (κ1) is 19.8. The zero-order valence-corrected chi connectivity index (χ0v) is 17.2. The number of hydrogen-bond donors (Lipinski definition) is 1. The van der Waals surface area contributed by atoms with Gasteiger partial charge in [0.15, 0.2) is 0 Å². The summed E-state index contributed by atoms with van der Waals surface area (Å²) in [5.41, 5.74) is 4.65. The van der Waals surface area contributed by atoms with E-state index < -0.39 is 0 Å². The smallest absolute Gasteiger partial charge is 0.230 e. The molecule has 146 valence electrons. The molecule has 1 N–H and O–H groups in total. The van der Waals surface area contributed by atoms with E-state index >= 15 is 0 Å². The van der Waals surface area contributed by atoms with E-state index in [9.17, 15) is 4.79 Å². The first-order valence-electron chi connectivity index (χ1n) is 9.15. The van der Waals surface area contributed by atoms with Crippen molar-refractivity contribution in [3.63, 3.8) is 0 Å². The van der Waals surface area contributed by atoms with Gasteiger partial charge in [-0.2, -0.15) is 5.10 Å². The second-order valence-corrected chi connectivity index (χ2v) is 7.19. The van der Waals surface area contributed by atoms with Crippen molar-refractivity contribution >= 4 is 22.9 Å². The van der Waals surface area contributed by atoms with Crippen LogP contribution < -0.4 is 10.1 Å². The summed E-state index contributed by atoms with van der Waals surface area (Å²) in [6.07, 6.45) is 2.86. The van der Waals surface area contributed by atoms with Gasteiger partial charge in [0, 0.05) is 22.3 Å². The first-order valence-corrected chi connectivity index (χ1v) is 10.0. The van der Waals surface area contributed by atoms with E-state index in [4.69, 9.17) is 4.74 Å². The van der Waals surface area contributed by atoms with Gasteiger partial charge in [-0.15, -0.1) is 17.9 Å². The molecule has 2 heterocycles. The minimum absolute atomic E-state index is 0.110. The van der Waals surface area contributed by atoms with E-state index in [-0.39, 0.29) is 12.3 Å². The van der Waals surface area contributed by atoms with Crippen LogP contribution in [0.1, 0.15) is 29.6 Å². The minimum Gasteiger partial charge on any atom is -0.494 e. The van der Waals surface area contributed by atoms with Crippen LogP contribution in [0.15, 0.2) is 42.3 Å². The molecule has 1 amide bonds. The Balaban J connectivity index is 1.66. The number of anilines is 1. The monoisotopic (exact) mass is 396 g/mol. The standard InChI is InChI=1S/C21H24N4O2S/c1-5-7-19-14(3)24-25(15(19)4)21-23-17(13-28-21)12-20(26)22-16-8-10-18(11-9-16)27-6-2/h5,8-11,13H,1,6-7,12H2,2-4H3,(H,22,26). The first-order chi connectivity index (χ1) is 13.5. The Kier molecular flexibility index (Phi) is 6.26. The van der Waals surface area contributed by atoms with E-state index in [0.29, 0.717) is 6.61 Å². The van der Waals surface area contributed by atoms with Gasteiger partial charge in [0.1, 0.15) is 5.75 Å². The molecule has 0 unspecified atom stereocenters. The quantitative estimate of drug-likeness (QED) is 0.578. The summed E-state index contributed by atoms with van der Waals surface area (Å²) in [5.74, 6) is 0.673. The lowest BCUT2D eigenvalue weighted by molar-refractivity contribution is -0.115. The Hall–Kier alpha value is -2.93. The third-order valence-electron chi connectivity index (χ3n) is 4.30. The number of carbonyl (C=O) groups excluding carboxylic acids is 1. The van der Waals surface area contributed by atoms with E-state index in [1.165, 1.54) is 16.9 Å². The lowest BCUT2D eigenvalue weighted by atomic mass is 10.1. The third-order valence-corrected chi connectivity index (χ3v) is 5.17. The predicted molar refractivity (Wildman–Crippen MR) is 113 cm³/mol. The highest BCUT2D eigenvalue weighted by Crippen LogP contribution is 2.22. The molecular formula is C21H24N4O2S. The van der Waals surface area contributed by atoms with Gasteiger partial charge in [-0.05, 0) is 51.5 Å². The minimum atomic E-state index is -0.110. The Morgan fingerprint density at radius 1 is 1.32 bits per heavy atom. The van der Waals surface area contributed by atoms with Crippen LogP contribution in [0.5, 0.6) is 5.75 Å². The summed E-state index contributed by atoms with van der Waals surface area (Å²) >= 11 is 1.48. The van der Waals surface area contributed by atoms with Crippen molar-refractivity contribution in [3.05, 3.63) is 64.9 Å². The normalized spacial score (nSPS) is 10.7. The van der Waals surface area contributed by atoms with Crippen LogP contribution in [-0.2, 0) is 17.6 Å². The van der Waals surface area contributed by atoms with Crippen LogP contribution in [0, 0.1) is 13.8 Å². The maximum atomic E-state index is 12.3. The molecular weight excluding hydrogens is 372 g/mol. The maximum Gasteiger partial charge on any atom is 0.230 e. The van der Waals surface area contributed by atoms with Crippen molar-refractivity contribution in [3.8, 4) is 10.9 Å². The van der Waals surface area contributed by atoms with Crippen LogP contribution in [0.25, 0.3) is 5.13 Å². The molecule has 0 saturated carbocycles. The zero-order chi connectivity index (χ0) is 20.1. The molecule has 2 aromatic heterocycles. The van der Waals surface area contributed by atoms with Crippen molar-refractivity contribution in [2.45, 2.75) is 33.6 Å². The topological polar surface area (TPSA) is 69.0 Å². The van der Waals surface area contributed by atoms with Crippen molar-refractivity contribution in [1.29, 1.82) is 0 Å². The average molecular weight is 397 g/mol. The SMILES string of the molecule is C=CCc1c(C)nn(-c2nc(CC(=O)Nc3ccc(OCC)cc3)cs2)c1C. The zero-order valence-electron chi connectivity index (χ0n) is 16.4. The maximum absolute atomic E-state index is 12.3. The number of ether oxygens (including phenoxy) is 1.